The number of rotatable bonds is 4. The van der Waals surface area contributed by atoms with Crippen LogP contribution in [-0.4, -0.2) is 27.7 Å². The third-order valence-corrected chi connectivity index (χ3v) is 5.29. The predicted molar refractivity (Wildman–Crippen MR) is 98.6 cm³/mol. The van der Waals surface area contributed by atoms with E-state index in [0.29, 0.717) is 24.2 Å². The highest BCUT2D eigenvalue weighted by Gasteiger charge is 2.32. The van der Waals surface area contributed by atoms with E-state index in [-0.39, 0.29) is 17.9 Å². The number of amides is 2. The zero-order chi connectivity index (χ0) is 17.9. The summed E-state index contributed by atoms with van der Waals surface area (Å²) in [6.07, 6.45) is 9.12. The molecule has 1 saturated carbocycles. The van der Waals surface area contributed by atoms with E-state index in [1.165, 1.54) is 6.42 Å². The van der Waals surface area contributed by atoms with E-state index >= 15 is 0 Å². The minimum atomic E-state index is -0.120. The Morgan fingerprint density at radius 3 is 2.77 bits per heavy atom. The molecule has 0 spiro atoms. The molecule has 1 N–H and O–H groups in total. The van der Waals surface area contributed by atoms with Crippen molar-refractivity contribution in [2.45, 2.75) is 51.2 Å². The summed E-state index contributed by atoms with van der Waals surface area (Å²) in [7, 11) is 0. The minimum Gasteiger partial charge on any atom is -0.349 e. The molecule has 2 heterocycles. The average Bonchev–Trinajstić information content (AvgIpc) is 2.99. The van der Waals surface area contributed by atoms with Gasteiger partial charge < -0.3 is 10.2 Å². The van der Waals surface area contributed by atoms with Gasteiger partial charge >= 0.3 is 0 Å². The summed E-state index contributed by atoms with van der Waals surface area (Å²) < 4.78 is 0. The monoisotopic (exact) mass is 349 g/mol. The smallest absolute Gasteiger partial charge is 0.255 e. The topological polar surface area (TPSA) is 62.3 Å². The Kier molecular flexibility index (Phi) is 4.69. The van der Waals surface area contributed by atoms with Crippen LogP contribution in [0.25, 0.3) is 0 Å². The highest BCUT2D eigenvalue weighted by Crippen LogP contribution is 2.28. The van der Waals surface area contributed by atoms with E-state index in [1.54, 1.807) is 23.4 Å². The van der Waals surface area contributed by atoms with Gasteiger partial charge in [-0.15, -0.1) is 0 Å². The van der Waals surface area contributed by atoms with Gasteiger partial charge in [-0.25, -0.2) is 0 Å². The summed E-state index contributed by atoms with van der Waals surface area (Å²) in [6.45, 7) is 1.04. The SMILES string of the molecule is O=C(NC1CCCCC1)c1cccc2c1C(=O)N(Cc1cccnc1)C2. The van der Waals surface area contributed by atoms with Crippen molar-refractivity contribution in [2.24, 2.45) is 0 Å². The van der Waals surface area contributed by atoms with Crippen LogP contribution in [0.3, 0.4) is 0 Å². The fourth-order valence-corrected chi connectivity index (χ4v) is 3.96. The van der Waals surface area contributed by atoms with Crippen LogP contribution in [-0.2, 0) is 13.1 Å². The van der Waals surface area contributed by atoms with Crippen LogP contribution in [0.2, 0.25) is 0 Å². The maximum Gasteiger partial charge on any atom is 0.255 e. The van der Waals surface area contributed by atoms with E-state index in [1.807, 2.05) is 24.3 Å². The molecule has 1 aromatic heterocycles. The van der Waals surface area contributed by atoms with Gasteiger partial charge in [0.1, 0.15) is 0 Å². The number of fused-ring (bicyclic) bond motifs is 1. The fraction of sp³-hybridized carbons (Fsp3) is 0.381. The number of nitrogens with zero attached hydrogens (tertiary/aromatic N) is 2. The molecule has 2 aliphatic rings. The second kappa shape index (κ2) is 7.28. The van der Waals surface area contributed by atoms with Crippen LogP contribution in [0.15, 0.2) is 42.7 Å². The van der Waals surface area contributed by atoms with E-state index < -0.39 is 0 Å². The predicted octanol–water partition coefficient (Wildman–Crippen LogP) is 3.30. The molecule has 2 aromatic rings. The van der Waals surface area contributed by atoms with Crippen molar-refractivity contribution in [1.82, 2.24) is 15.2 Å². The molecule has 0 unspecified atom stereocenters. The zero-order valence-electron chi connectivity index (χ0n) is 14.8. The molecule has 1 aliphatic carbocycles. The van der Waals surface area contributed by atoms with Gasteiger partial charge in [-0.05, 0) is 36.1 Å². The summed E-state index contributed by atoms with van der Waals surface area (Å²) in [6, 6.07) is 9.63. The highest BCUT2D eigenvalue weighted by molar-refractivity contribution is 6.09. The maximum absolute atomic E-state index is 12.9. The first kappa shape index (κ1) is 16.8. The molecule has 2 amide bonds. The lowest BCUT2D eigenvalue weighted by molar-refractivity contribution is 0.0760. The van der Waals surface area contributed by atoms with Gasteiger partial charge in [0, 0.05) is 31.5 Å². The van der Waals surface area contributed by atoms with Crippen molar-refractivity contribution < 1.29 is 9.59 Å². The lowest BCUT2D eigenvalue weighted by Crippen LogP contribution is -2.37. The van der Waals surface area contributed by atoms with Crippen molar-refractivity contribution in [2.75, 3.05) is 0 Å². The number of hydrogen-bond acceptors (Lipinski definition) is 3. The van der Waals surface area contributed by atoms with Gasteiger partial charge in [0.25, 0.3) is 11.8 Å². The van der Waals surface area contributed by atoms with Crippen LogP contribution in [0.1, 0.15) is 63.9 Å². The summed E-state index contributed by atoms with van der Waals surface area (Å²) in [5, 5.41) is 3.13. The number of benzene rings is 1. The largest absolute Gasteiger partial charge is 0.349 e. The summed E-state index contributed by atoms with van der Waals surface area (Å²) in [5.74, 6) is -0.191. The molecule has 5 heteroatoms. The molecule has 5 nitrogen and oxygen atoms in total. The Morgan fingerprint density at radius 1 is 1.15 bits per heavy atom. The van der Waals surface area contributed by atoms with E-state index in [2.05, 4.69) is 10.3 Å². The van der Waals surface area contributed by atoms with Gasteiger partial charge in [0.2, 0.25) is 0 Å². The highest BCUT2D eigenvalue weighted by atomic mass is 16.2. The van der Waals surface area contributed by atoms with Crippen LogP contribution in [0, 0.1) is 0 Å². The first-order valence-corrected chi connectivity index (χ1v) is 9.33. The molecule has 0 saturated heterocycles. The number of aromatic nitrogens is 1. The number of carbonyl (C=O) groups excluding carboxylic acids is 2. The Hall–Kier alpha value is -2.69. The van der Waals surface area contributed by atoms with Gasteiger partial charge in [0.15, 0.2) is 0 Å². The molecule has 1 fully saturated rings. The van der Waals surface area contributed by atoms with E-state index in [0.717, 1.165) is 36.8 Å². The Bertz CT molecular complexity index is 813. The van der Waals surface area contributed by atoms with Crippen LogP contribution in [0.5, 0.6) is 0 Å². The third-order valence-electron chi connectivity index (χ3n) is 5.29. The van der Waals surface area contributed by atoms with Crippen molar-refractivity contribution in [1.29, 1.82) is 0 Å². The number of pyridine rings is 1. The van der Waals surface area contributed by atoms with E-state index in [9.17, 15) is 9.59 Å². The molecule has 1 aliphatic heterocycles. The average molecular weight is 349 g/mol. The molecular weight excluding hydrogens is 326 g/mol. The van der Waals surface area contributed by atoms with Gasteiger partial charge in [-0.1, -0.05) is 37.5 Å². The number of hydrogen-bond donors (Lipinski definition) is 1. The first-order chi connectivity index (χ1) is 12.7. The summed E-state index contributed by atoms with van der Waals surface area (Å²) in [5.41, 5.74) is 2.98. The first-order valence-electron chi connectivity index (χ1n) is 9.33. The Labute approximate surface area is 153 Å². The van der Waals surface area contributed by atoms with Crippen molar-refractivity contribution in [3.05, 3.63) is 65.0 Å². The van der Waals surface area contributed by atoms with E-state index in [4.69, 9.17) is 0 Å². The summed E-state index contributed by atoms with van der Waals surface area (Å²) >= 11 is 0. The van der Waals surface area contributed by atoms with Crippen molar-refractivity contribution in [3.63, 3.8) is 0 Å². The maximum atomic E-state index is 12.9. The van der Waals surface area contributed by atoms with Crippen molar-refractivity contribution in [3.8, 4) is 0 Å². The summed E-state index contributed by atoms with van der Waals surface area (Å²) in [4.78, 5) is 31.6. The van der Waals surface area contributed by atoms with Crippen LogP contribution in [0.4, 0.5) is 0 Å². The molecule has 26 heavy (non-hydrogen) atoms. The number of carbonyl (C=O) groups is 2. The van der Waals surface area contributed by atoms with Crippen LogP contribution >= 0.6 is 0 Å². The quantitative estimate of drug-likeness (QED) is 0.921. The second-order valence-electron chi connectivity index (χ2n) is 7.17. The molecule has 4 rings (SSSR count). The van der Waals surface area contributed by atoms with Gasteiger partial charge in [-0.3, -0.25) is 14.6 Å². The third kappa shape index (κ3) is 3.34. The molecule has 0 radical (unpaired) electrons. The van der Waals surface area contributed by atoms with Crippen molar-refractivity contribution >= 4 is 11.8 Å². The molecule has 0 atom stereocenters. The molecule has 134 valence electrons. The minimum absolute atomic E-state index is 0.0711. The number of nitrogens with one attached hydrogen (secondary N) is 1. The van der Waals surface area contributed by atoms with Crippen LogP contribution < -0.4 is 5.32 Å². The lowest BCUT2D eigenvalue weighted by atomic mass is 9.94. The van der Waals surface area contributed by atoms with Gasteiger partial charge in [-0.2, -0.15) is 0 Å². The van der Waals surface area contributed by atoms with Gasteiger partial charge in [0.05, 0.1) is 11.1 Å². The zero-order valence-corrected chi connectivity index (χ0v) is 14.8. The molecule has 1 aromatic carbocycles. The lowest BCUT2D eigenvalue weighted by Gasteiger charge is -2.23. The standard InChI is InChI=1S/C21H23N3O2/c25-20(23-17-8-2-1-3-9-17)18-10-4-7-16-14-24(21(26)19(16)18)13-15-6-5-11-22-12-15/h4-7,10-12,17H,1-3,8-9,13-14H2,(H,23,25). The Morgan fingerprint density at radius 2 is 2.00 bits per heavy atom. The Balaban J connectivity index is 1.53. The normalized spacial score (nSPS) is 17.2. The second-order valence-corrected chi connectivity index (χ2v) is 7.17. The fourth-order valence-electron chi connectivity index (χ4n) is 3.96. The molecule has 0 bridgehead atoms. The molecular formula is C21H23N3O2.